The van der Waals surface area contributed by atoms with Crippen molar-refractivity contribution in [2.75, 3.05) is 60.5 Å². The van der Waals surface area contributed by atoms with Crippen molar-refractivity contribution in [1.29, 1.82) is 0 Å². The first-order valence-corrected chi connectivity index (χ1v) is 8.72. The molecule has 0 spiro atoms. The van der Waals surface area contributed by atoms with Crippen molar-refractivity contribution in [3.8, 4) is 0 Å². The number of carbonyl (C=O) groups excluding carboxylic acids is 2. The molecule has 0 unspecified atom stereocenters. The molecule has 132 valence electrons. The van der Waals surface area contributed by atoms with Crippen LogP contribution in [0.4, 0.5) is 0 Å². The highest BCUT2D eigenvalue weighted by Crippen LogP contribution is 2.21. The number of rotatable bonds is 6. The molecule has 2 aliphatic heterocycles. The van der Waals surface area contributed by atoms with Gasteiger partial charge in [0.2, 0.25) is 11.8 Å². The fourth-order valence-electron chi connectivity index (χ4n) is 3.37. The zero-order valence-electron chi connectivity index (χ0n) is 14.8. The van der Waals surface area contributed by atoms with E-state index in [-0.39, 0.29) is 17.7 Å². The summed E-state index contributed by atoms with van der Waals surface area (Å²) < 4.78 is 5.38. The molecule has 0 radical (unpaired) electrons. The number of hydrogen-bond acceptors (Lipinski definition) is 4. The van der Waals surface area contributed by atoms with Gasteiger partial charge in [-0.3, -0.25) is 9.59 Å². The number of ether oxygens (including phenoxy) is 1. The summed E-state index contributed by atoms with van der Waals surface area (Å²) in [5, 5.41) is 0. The van der Waals surface area contributed by atoms with Crippen LogP contribution in [-0.4, -0.2) is 87.0 Å². The van der Waals surface area contributed by atoms with Crippen LogP contribution < -0.4 is 0 Å². The Bertz CT molecular complexity index is 408. The molecule has 2 amide bonds. The molecule has 6 nitrogen and oxygen atoms in total. The minimum absolute atomic E-state index is 0.0419. The van der Waals surface area contributed by atoms with Crippen molar-refractivity contribution in [3.05, 3.63) is 0 Å². The summed E-state index contributed by atoms with van der Waals surface area (Å²) in [6.07, 6.45) is 3.26. The zero-order valence-corrected chi connectivity index (χ0v) is 14.8. The average molecular weight is 325 g/mol. The summed E-state index contributed by atoms with van der Waals surface area (Å²) in [5.74, 6) is 0.884. The van der Waals surface area contributed by atoms with Crippen molar-refractivity contribution in [3.63, 3.8) is 0 Å². The quantitative estimate of drug-likeness (QED) is 0.720. The monoisotopic (exact) mass is 325 g/mol. The van der Waals surface area contributed by atoms with Gasteiger partial charge in [-0.2, -0.15) is 0 Å². The number of amides is 2. The highest BCUT2D eigenvalue weighted by atomic mass is 16.5. The van der Waals surface area contributed by atoms with Crippen LogP contribution >= 0.6 is 0 Å². The molecule has 2 saturated heterocycles. The largest absolute Gasteiger partial charge is 0.381 e. The Labute approximate surface area is 139 Å². The Morgan fingerprint density at radius 2 is 1.91 bits per heavy atom. The van der Waals surface area contributed by atoms with Crippen LogP contribution in [0.15, 0.2) is 0 Å². The van der Waals surface area contributed by atoms with Crippen LogP contribution in [0, 0.1) is 11.8 Å². The van der Waals surface area contributed by atoms with Crippen LogP contribution in [-0.2, 0) is 14.3 Å². The maximum atomic E-state index is 12.7. The lowest BCUT2D eigenvalue weighted by atomic mass is 9.94. The highest BCUT2D eigenvalue weighted by molar-refractivity contribution is 5.83. The molecule has 0 aromatic heterocycles. The lowest BCUT2D eigenvalue weighted by molar-refractivity contribution is -0.143. The van der Waals surface area contributed by atoms with E-state index in [0.717, 1.165) is 39.1 Å². The Morgan fingerprint density at radius 1 is 1.22 bits per heavy atom. The second-order valence-corrected chi connectivity index (χ2v) is 7.15. The molecule has 2 aliphatic rings. The van der Waals surface area contributed by atoms with Gasteiger partial charge in [-0.1, -0.05) is 0 Å². The summed E-state index contributed by atoms with van der Waals surface area (Å²) in [7, 11) is 5.90. The fourth-order valence-corrected chi connectivity index (χ4v) is 3.37. The third-order valence-corrected chi connectivity index (χ3v) is 4.92. The topological polar surface area (TPSA) is 53.1 Å². The predicted octanol–water partition coefficient (Wildman–Crippen LogP) is 0.672. The lowest BCUT2D eigenvalue weighted by Gasteiger charge is -2.35. The molecule has 0 aliphatic carbocycles. The Kier molecular flexibility index (Phi) is 6.84. The van der Waals surface area contributed by atoms with E-state index < -0.39 is 0 Å². The molecular weight excluding hydrogens is 294 g/mol. The molecule has 0 bridgehead atoms. The maximum absolute atomic E-state index is 12.7. The van der Waals surface area contributed by atoms with Gasteiger partial charge in [-0.05, 0) is 39.3 Å². The van der Waals surface area contributed by atoms with Crippen LogP contribution in [0.25, 0.3) is 0 Å². The number of nitrogens with zero attached hydrogens (tertiary/aromatic N) is 3. The van der Waals surface area contributed by atoms with Gasteiger partial charge in [0.15, 0.2) is 0 Å². The van der Waals surface area contributed by atoms with Gasteiger partial charge in [-0.15, -0.1) is 0 Å². The minimum Gasteiger partial charge on any atom is -0.381 e. The predicted molar refractivity (Wildman–Crippen MR) is 89.0 cm³/mol. The molecule has 0 aromatic carbocycles. The number of hydrogen-bond donors (Lipinski definition) is 0. The third kappa shape index (κ3) is 5.46. The van der Waals surface area contributed by atoms with E-state index in [4.69, 9.17) is 4.74 Å². The Morgan fingerprint density at radius 3 is 2.57 bits per heavy atom. The first-order valence-electron chi connectivity index (χ1n) is 8.72. The normalized spacial score (nSPS) is 23.4. The van der Waals surface area contributed by atoms with Crippen molar-refractivity contribution < 1.29 is 14.3 Å². The van der Waals surface area contributed by atoms with Crippen LogP contribution in [0.2, 0.25) is 0 Å². The standard InChI is InChI=1S/C17H31N3O3/c1-18(2)8-9-20-13-15(4-5-16(20)21)17(22)19(3)12-14-6-10-23-11-7-14/h14-15H,4-13H2,1-3H3/t15-/m0/s1. The molecule has 0 aromatic rings. The molecular formula is C17H31N3O3. The molecule has 0 saturated carbocycles. The maximum Gasteiger partial charge on any atom is 0.227 e. The van der Waals surface area contributed by atoms with Gasteiger partial charge < -0.3 is 19.4 Å². The zero-order chi connectivity index (χ0) is 16.8. The van der Waals surface area contributed by atoms with E-state index in [0.29, 0.717) is 31.8 Å². The van der Waals surface area contributed by atoms with E-state index >= 15 is 0 Å². The van der Waals surface area contributed by atoms with Gasteiger partial charge in [0, 0.05) is 52.9 Å². The smallest absolute Gasteiger partial charge is 0.227 e. The minimum atomic E-state index is -0.0419. The Balaban J connectivity index is 1.83. The number of piperidine rings is 1. The SMILES string of the molecule is CN(C)CCN1C[C@@H](C(=O)N(C)CC2CCOCC2)CCC1=O. The second kappa shape index (κ2) is 8.64. The average Bonchev–Trinajstić information content (AvgIpc) is 2.54. The summed E-state index contributed by atoms with van der Waals surface area (Å²) >= 11 is 0. The third-order valence-electron chi connectivity index (χ3n) is 4.92. The van der Waals surface area contributed by atoms with Crippen LogP contribution in [0.3, 0.4) is 0 Å². The van der Waals surface area contributed by atoms with E-state index in [1.165, 1.54) is 0 Å². The van der Waals surface area contributed by atoms with Crippen molar-refractivity contribution >= 4 is 11.8 Å². The number of likely N-dealkylation sites (tertiary alicyclic amines) is 1. The summed E-state index contributed by atoms with van der Waals surface area (Å²) in [4.78, 5) is 30.5. The van der Waals surface area contributed by atoms with E-state index in [9.17, 15) is 9.59 Å². The molecule has 2 heterocycles. The molecule has 2 fully saturated rings. The van der Waals surface area contributed by atoms with Gasteiger partial charge >= 0.3 is 0 Å². The summed E-state index contributed by atoms with van der Waals surface area (Å²) in [6.45, 7) is 4.55. The van der Waals surface area contributed by atoms with E-state index in [1.807, 2.05) is 30.9 Å². The van der Waals surface area contributed by atoms with Gasteiger partial charge in [-0.25, -0.2) is 0 Å². The van der Waals surface area contributed by atoms with E-state index in [1.54, 1.807) is 0 Å². The summed E-state index contributed by atoms with van der Waals surface area (Å²) in [6, 6.07) is 0. The highest BCUT2D eigenvalue weighted by Gasteiger charge is 2.32. The second-order valence-electron chi connectivity index (χ2n) is 7.15. The van der Waals surface area contributed by atoms with Gasteiger partial charge in [0.05, 0.1) is 5.92 Å². The lowest BCUT2D eigenvalue weighted by Crippen LogP contribution is -2.48. The first-order chi connectivity index (χ1) is 11.0. The van der Waals surface area contributed by atoms with Crippen molar-refractivity contribution in [2.24, 2.45) is 11.8 Å². The van der Waals surface area contributed by atoms with Gasteiger partial charge in [0.1, 0.15) is 0 Å². The van der Waals surface area contributed by atoms with Crippen molar-refractivity contribution in [1.82, 2.24) is 14.7 Å². The number of carbonyl (C=O) groups is 2. The van der Waals surface area contributed by atoms with Crippen LogP contribution in [0.1, 0.15) is 25.7 Å². The molecule has 1 atom stereocenters. The van der Waals surface area contributed by atoms with E-state index in [2.05, 4.69) is 4.90 Å². The van der Waals surface area contributed by atoms with Gasteiger partial charge in [0.25, 0.3) is 0 Å². The molecule has 0 N–H and O–H groups in total. The molecule has 6 heteroatoms. The van der Waals surface area contributed by atoms with Crippen molar-refractivity contribution in [2.45, 2.75) is 25.7 Å². The summed E-state index contributed by atoms with van der Waals surface area (Å²) in [5.41, 5.74) is 0. The van der Waals surface area contributed by atoms with Crippen LogP contribution in [0.5, 0.6) is 0 Å². The number of likely N-dealkylation sites (N-methyl/N-ethyl adjacent to an activating group) is 1. The molecule has 2 rings (SSSR count). The fraction of sp³-hybridized carbons (Fsp3) is 0.882. The molecule has 23 heavy (non-hydrogen) atoms. The Hall–Kier alpha value is -1.14. The first kappa shape index (κ1) is 18.2.